The van der Waals surface area contributed by atoms with Gasteiger partial charge in [-0.15, -0.1) is 9.91 Å². The van der Waals surface area contributed by atoms with E-state index < -0.39 is 20.6 Å². The third-order valence-corrected chi connectivity index (χ3v) is 3.02. The van der Waals surface area contributed by atoms with Crippen LogP contribution in [0.1, 0.15) is 0 Å². The fourth-order valence-electron chi connectivity index (χ4n) is 1.30. The SMILES string of the molecule is Nc1ccc(/N=N/n2[nH]ccc2=O)c(S(=O)(=O)O)c1. The minimum atomic E-state index is -4.49. The minimum Gasteiger partial charge on any atom is -0.399 e. The van der Waals surface area contributed by atoms with E-state index in [1.54, 1.807) is 0 Å². The van der Waals surface area contributed by atoms with Gasteiger partial charge in [0.2, 0.25) is 0 Å². The third kappa shape index (κ3) is 2.86. The van der Waals surface area contributed by atoms with Gasteiger partial charge in [-0.1, -0.05) is 0 Å². The summed E-state index contributed by atoms with van der Waals surface area (Å²) in [7, 11) is -4.49. The zero-order valence-electron chi connectivity index (χ0n) is 9.39. The molecule has 19 heavy (non-hydrogen) atoms. The first-order valence-electron chi connectivity index (χ1n) is 4.93. The van der Waals surface area contributed by atoms with Crippen molar-refractivity contribution < 1.29 is 13.0 Å². The Labute approximate surface area is 107 Å². The van der Waals surface area contributed by atoms with E-state index in [-0.39, 0.29) is 11.4 Å². The van der Waals surface area contributed by atoms with Gasteiger partial charge in [0.1, 0.15) is 10.6 Å². The second-order valence-corrected chi connectivity index (χ2v) is 4.89. The number of rotatable bonds is 3. The highest BCUT2D eigenvalue weighted by Crippen LogP contribution is 2.26. The van der Waals surface area contributed by atoms with Crippen LogP contribution in [0.2, 0.25) is 0 Å². The van der Waals surface area contributed by atoms with Crippen molar-refractivity contribution in [3.05, 3.63) is 40.8 Å². The van der Waals surface area contributed by atoms with Gasteiger partial charge in [0, 0.05) is 18.0 Å². The summed E-state index contributed by atoms with van der Waals surface area (Å²) in [5.74, 6) is 0. The van der Waals surface area contributed by atoms with E-state index >= 15 is 0 Å². The van der Waals surface area contributed by atoms with Crippen LogP contribution in [0.4, 0.5) is 11.4 Å². The van der Waals surface area contributed by atoms with Crippen molar-refractivity contribution in [2.75, 3.05) is 5.73 Å². The second kappa shape index (κ2) is 4.66. The van der Waals surface area contributed by atoms with Crippen LogP contribution in [0.15, 0.2) is 50.5 Å². The van der Waals surface area contributed by atoms with Gasteiger partial charge in [0.25, 0.3) is 15.7 Å². The molecular weight excluding hydrogens is 274 g/mol. The smallest absolute Gasteiger partial charge is 0.296 e. The van der Waals surface area contributed by atoms with Gasteiger partial charge in [-0.3, -0.25) is 14.4 Å². The normalized spacial score (nSPS) is 12.1. The maximum atomic E-state index is 11.2. The molecule has 0 unspecified atom stereocenters. The fourth-order valence-corrected chi connectivity index (χ4v) is 1.95. The molecule has 100 valence electrons. The molecule has 0 fully saturated rings. The number of nitrogens with zero attached hydrogens (tertiary/aromatic N) is 3. The number of anilines is 1. The molecule has 0 bridgehead atoms. The average molecular weight is 283 g/mol. The largest absolute Gasteiger partial charge is 0.399 e. The molecule has 0 spiro atoms. The monoisotopic (exact) mass is 283 g/mol. The van der Waals surface area contributed by atoms with Gasteiger partial charge in [-0.25, -0.2) is 0 Å². The topological polar surface area (TPSA) is 143 Å². The zero-order valence-corrected chi connectivity index (χ0v) is 10.2. The number of benzene rings is 1. The van der Waals surface area contributed by atoms with Crippen LogP contribution in [0.25, 0.3) is 0 Å². The van der Waals surface area contributed by atoms with Crippen LogP contribution in [-0.2, 0) is 10.1 Å². The van der Waals surface area contributed by atoms with E-state index in [2.05, 4.69) is 15.4 Å². The Morgan fingerprint density at radius 3 is 2.63 bits per heavy atom. The first-order chi connectivity index (χ1) is 8.88. The van der Waals surface area contributed by atoms with Crippen molar-refractivity contribution in [1.29, 1.82) is 0 Å². The summed E-state index contributed by atoms with van der Waals surface area (Å²) < 4.78 is 31.4. The fraction of sp³-hybridized carbons (Fsp3) is 0. The third-order valence-electron chi connectivity index (χ3n) is 2.14. The van der Waals surface area contributed by atoms with Gasteiger partial charge in [-0.2, -0.15) is 8.42 Å². The summed E-state index contributed by atoms with van der Waals surface area (Å²) >= 11 is 0. The number of hydrogen-bond donors (Lipinski definition) is 3. The first-order valence-corrected chi connectivity index (χ1v) is 6.37. The lowest BCUT2D eigenvalue weighted by Gasteiger charge is -2.02. The molecule has 0 saturated carbocycles. The zero-order chi connectivity index (χ0) is 14.0. The molecule has 0 aliphatic carbocycles. The molecule has 0 amide bonds. The number of aromatic nitrogens is 2. The van der Waals surface area contributed by atoms with E-state index in [1.807, 2.05) is 0 Å². The molecular formula is C9H9N5O4S. The van der Waals surface area contributed by atoms with E-state index in [4.69, 9.17) is 10.3 Å². The highest BCUT2D eigenvalue weighted by Gasteiger charge is 2.16. The van der Waals surface area contributed by atoms with Crippen LogP contribution >= 0.6 is 0 Å². The van der Waals surface area contributed by atoms with Crippen molar-refractivity contribution >= 4 is 21.5 Å². The first kappa shape index (κ1) is 13.0. The molecule has 2 aromatic rings. The molecule has 1 heterocycles. The molecule has 0 aliphatic rings. The summed E-state index contributed by atoms with van der Waals surface area (Å²) in [5.41, 5.74) is 4.97. The quantitative estimate of drug-likeness (QED) is 0.428. The van der Waals surface area contributed by atoms with Crippen LogP contribution in [0.5, 0.6) is 0 Å². The molecule has 0 saturated heterocycles. The summed E-state index contributed by atoms with van der Waals surface area (Å²) in [6.45, 7) is 0. The standard InChI is InChI=1S/C9H9N5O4S/c10-6-1-2-7(8(5-6)19(16,17)18)12-13-14-9(15)3-4-11-14/h1-5,11H,10H2,(H,16,17,18)/b13-12+. The minimum absolute atomic E-state index is 0.141. The van der Waals surface area contributed by atoms with Gasteiger partial charge in [-0.05, 0) is 23.4 Å². The Morgan fingerprint density at radius 1 is 1.32 bits per heavy atom. The molecule has 0 radical (unpaired) electrons. The van der Waals surface area contributed by atoms with E-state index in [0.29, 0.717) is 0 Å². The van der Waals surface area contributed by atoms with E-state index in [9.17, 15) is 13.2 Å². The predicted octanol–water partition coefficient (Wildman–Crippen LogP) is 0.552. The average Bonchev–Trinajstić information content (AvgIpc) is 2.72. The van der Waals surface area contributed by atoms with Gasteiger partial charge in [0.05, 0.1) is 0 Å². The summed E-state index contributed by atoms with van der Waals surface area (Å²) in [6.07, 6.45) is 1.34. The highest BCUT2D eigenvalue weighted by molar-refractivity contribution is 7.86. The molecule has 1 aromatic carbocycles. The lowest BCUT2D eigenvalue weighted by molar-refractivity contribution is 0.483. The maximum absolute atomic E-state index is 11.2. The Morgan fingerprint density at radius 2 is 2.05 bits per heavy atom. The van der Waals surface area contributed by atoms with Crippen LogP contribution in [-0.4, -0.2) is 22.9 Å². The maximum Gasteiger partial charge on any atom is 0.296 e. The lowest BCUT2D eigenvalue weighted by Crippen LogP contribution is -2.09. The molecule has 4 N–H and O–H groups in total. The van der Waals surface area contributed by atoms with Crippen molar-refractivity contribution in [1.82, 2.24) is 9.89 Å². The van der Waals surface area contributed by atoms with Crippen LogP contribution in [0.3, 0.4) is 0 Å². The van der Waals surface area contributed by atoms with Gasteiger partial charge in [0.15, 0.2) is 0 Å². The van der Waals surface area contributed by atoms with Crippen molar-refractivity contribution in [2.45, 2.75) is 4.90 Å². The summed E-state index contributed by atoms with van der Waals surface area (Å²) in [6, 6.07) is 4.91. The van der Waals surface area contributed by atoms with Crippen molar-refractivity contribution in [2.24, 2.45) is 10.3 Å². The molecule has 2 rings (SSSR count). The number of nitrogen functional groups attached to an aromatic ring is 1. The van der Waals surface area contributed by atoms with Crippen LogP contribution in [0, 0.1) is 0 Å². The Bertz CT molecular complexity index is 789. The Hall–Kier alpha value is -2.46. The number of aromatic amines is 1. The van der Waals surface area contributed by atoms with Crippen molar-refractivity contribution in [3.8, 4) is 0 Å². The van der Waals surface area contributed by atoms with Crippen molar-refractivity contribution in [3.63, 3.8) is 0 Å². The Balaban J connectivity index is 2.50. The molecule has 9 nitrogen and oxygen atoms in total. The van der Waals surface area contributed by atoms with Gasteiger partial charge >= 0.3 is 0 Å². The highest BCUT2D eigenvalue weighted by atomic mass is 32.2. The lowest BCUT2D eigenvalue weighted by atomic mass is 10.3. The number of H-pyrrole nitrogens is 1. The molecule has 0 atom stereocenters. The predicted molar refractivity (Wildman–Crippen MR) is 65.6 cm³/mol. The molecule has 1 aromatic heterocycles. The summed E-state index contributed by atoms with van der Waals surface area (Å²) in [4.78, 5) is 11.5. The molecule has 10 heteroatoms. The number of nitrogens with two attached hydrogens (primary N) is 1. The van der Waals surface area contributed by atoms with E-state index in [1.165, 1.54) is 24.4 Å². The number of hydrogen-bond acceptors (Lipinski definition) is 6. The Kier molecular flexibility index (Phi) is 3.19. The second-order valence-electron chi connectivity index (χ2n) is 3.50. The molecule has 0 aliphatic heterocycles. The van der Waals surface area contributed by atoms with Crippen LogP contribution < -0.4 is 11.3 Å². The number of nitrogens with one attached hydrogen (secondary N) is 1. The van der Waals surface area contributed by atoms with E-state index in [0.717, 1.165) is 10.9 Å². The van der Waals surface area contributed by atoms with Gasteiger partial charge < -0.3 is 5.73 Å². The summed E-state index contributed by atoms with van der Waals surface area (Å²) in [5, 5.41) is 9.53.